The molecule has 0 fully saturated rings. The van der Waals surface area contributed by atoms with Crippen molar-refractivity contribution in [2.75, 3.05) is 6.61 Å². The van der Waals surface area contributed by atoms with Gasteiger partial charge in [0.15, 0.2) is 0 Å². The van der Waals surface area contributed by atoms with E-state index in [9.17, 15) is 4.79 Å². The third kappa shape index (κ3) is 2.86. The van der Waals surface area contributed by atoms with Crippen molar-refractivity contribution in [2.45, 2.75) is 26.9 Å². The van der Waals surface area contributed by atoms with Crippen LogP contribution in [0.1, 0.15) is 29.2 Å². The van der Waals surface area contributed by atoms with Gasteiger partial charge in [0.2, 0.25) is 5.78 Å². The lowest BCUT2D eigenvalue weighted by molar-refractivity contribution is 0.0587. The first-order valence-corrected chi connectivity index (χ1v) is 4.82. The number of hydrogen-bond donors (Lipinski definition) is 0. The Labute approximate surface area is 81.1 Å². The number of nitrogens with zero attached hydrogens (tertiary/aromatic N) is 2. The van der Waals surface area contributed by atoms with Crippen LogP contribution in [0.25, 0.3) is 0 Å². The molecule has 1 heterocycles. The molecule has 13 heavy (non-hydrogen) atoms. The first-order valence-electron chi connectivity index (χ1n) is 4.05. The van der Waals surface area contributed by atoms with E-state index in [2.05, 4.69) is 9.59 Å². The SMILES string of the molecule is Cc1nnsc1C(=O)COC(C)C. The van der Waals surface area contributed by atoms with Crippen LogP contribution >= 0.6 is 11.5 Å². The third-order valence-electron chi connectivity index (χ3n) is 1.45. The summed E-state index contributed by atoms with van der Waals surface area (Å²) < 4.78 is 8.87. The summed E-state index contributed by atoms with van der Waals surface area (Å²) in [5.41, 5.74) is 0.683. The Hall–Kier alpha value is -0.810. The van der Waals surface area contributed by atoms with Crippen LogP contribution in [0.5, 0.6) is 0 Å². The average Bonchev–Trinajstić information content (AvgIpc) is 2.47. The molecule has 72 valence electrons. The zero-order valence-corrected chi connectivity index (χ0v) is 8.72. The summed E-state index contributed by atoms with van der Waals surface area (Å²) in [4.78, 5) is 12.0. The molecule has 0 saturated heterocycles. The van der Waals surface area contributed by atoms with Crippen molar-refractivity contribution >= 4 is 17.3 Å². The Morgan fingerprint density at radius 3 is 2.77 bits per heavy atom. The summed E-state index contributed by atoms with van der Waals surface area (Å²) in [5.74, 6) is -0.0406. The Bertz CT molecular complexity index is 296. The van der Waals surface area contributed by atoms with Crippen molar-refractivity contribution in [3.8, 4) is 0 Å². The van der Waals surface area contributed by atoms with Crippen molar-refractivity contribution < 1.29 is 9.53 Å². The zero-order chi connectivity index (χ0) is 9.84. The minimum absolute atomic E-state index is 0.0406. The van der Waals surface area contributed by atoms with Crippen LogP contribution in [-0.4, -0.2) is 28.1 Å². The van der Waals surface area contributed by atoms with E-state index in [4.69, 9.17) is 4.74 Å². The highest BCUT2D eigenvalue weighted by Gasteiger charge is 2.13. The Balaban J connectivity index is 2.54. The zero-order valence-electron chi connectivity index (χ0n) is 7.90. The normalized spacial score (nSPS) is 10.8. The van der Waals surface area contributed by atoms with Crippen molar-refractivity contribution in [1.82, 2.24) is 9.59 Å². The molecule has 1 rings (SSSR count). The molecule has 0 aliphatic rings. The molecule has 0 saturated carbocycles. The summed E-state index contributed by atoms with van der Waals surface area (Å²) in [7, 11) is 0. The second-order valence-electron chi connectivity index (χ2n) is 2.97. The lowest BCUT2D eigenvalue weighted by Gasteiger charge is -2.04. The first-order chi connectivity index (χ1) is 6.11. The van der Waals surface area contributed by atoms with E-state index >= 15 is 0 Å². The van der Waals surface area contributed by atoms with Crippen molar-refractivity contribution in [1.29, 1.82) is 0 Å². The highest BCUT2D eigenvalue weighted by atomic mass is 32.1. The Morgan fingerprint density at radius 2 is 2.31 bits per heavy atom. The average molecular weight is 200 g/mol. The summed E-state index contributed by atoms with van der Waals surface area (Å²) in [5, 5.41) is 3.76. The van der Waals surface area contributed by atoms with E-state index in [1.165, 1.54) is 0 Å². The molecule has 0 amide bonds. The molecule has 1 aromatic rings. The maximum Gasteiger partial charge on any atom is 0.201 e. The minimum atomic E-state index is -0.0406. The number of ether oxygens (including phenoxy) is 1. The van der Waals surface area contributed by atoms with Gasteiger partial charge < -0.3 is 4.74 Å². The van der Waals surface area contributed by atoms with Gasteiger partial charge in [0.05, 0.1) is 11.8 Å². The van der Waals surface area contributed by atoms with Gasteiger partial charge in [-0.25, -0.2) is 0 Å². The lowest BCUT2D eigenvalue weighted by Crippen LogP contribution is -2.13. The lowest BCUT2D eigenvalue weighted by atomic mass is 10.3. The van der Waals surface area contributed by atoms with Crippen LogP contribution in [-0.2, 0) is 4.74 Å². The fourth-order valence-electron chi connectivity index (χ4n) is 0.795. The van der Waals surface area contributed by atoms with Crippen LogP contribution in [0.2, 0.25) is 0 Å². The predicted molar refractivity (Wildman–Crippen MR) is 50.1 cm³/mol. The second kappa shape index (κ2) is 4.43. The molecule has 0 bridgehead atoms. The van der Waals surface area contributed by atoms with Crippen LogP contribution in [0.15, 0.2) is 0 Å². The van der Waals surface area contributed by atoms with E-state index < -0.39 is 0 Å². The predicted octanol–water partition coefficient (Wildman–Crippen LogP) is 1.45. The van der Waals surface area contributed by atoms with Gasteiger partial charge in [-0.05, 0) is 32.3 Å². The smallest absolute Gasteiger partial charge is 0.201 e. The standard InChI is InChI=1S/C8H12N2O2S/c1-5(2)12-4-7(11)8-6(3)9-10-13-8/h5H,4H2,1-3H3. The van der Waals surface area contributed by atoms with E-state index in [1.807, 2.05) is 13.8 Å². The molecule has 1 aromatic heterocycles. The fraction of sp³-hybridized carbons (Fsp3) is 0.625. The Morgan fingerprint density at radius 1 is 1.62 bits per heavy atom. The molecule has 0 atom stereocenters. The molecular weight excluding hydrogens is 188 g/mol. The molecular formula is C8H12N2O2S. The number of carbonyl (C=O) groups is 1. The van der Waals surface area contributed by atoms with Crippen LogP contribution in [0, 0.1) is 6.92 Å². The number of aromatic nitrogens is 2. The topological polar surface area (TPSA) is 52.1 Å². The monoisotopic (exact) mass is 200 g/mol. The van der Waals surface area contributed by atoms with Crippen molar-refractivity contribution in [2.24, 2.45) is 0 Å². The number of aryl methyl sites for hydroxylation is 1. The Kier molecular flexibility index (Phi) is 3.50. The van der Waals surface area contributed by atoms with Crippen LogP contribution < -0.4 is 0 Å². The van der Waals surface area contributed by atoms with Gasteiger partial charge in [-0.3, -0.25) is 4.79 Å². The molecule has 0 unspecified atom stereocenters. The maximum absolute atomic E-state index is 11.4. The summed E-state index contributed by atoms with van der Waals surface area (Å²) in [6.07, 6.45) is 0.0742. The number of Topliss-reactive ketones (excluding diaryl/α,β-unsaturated/α-hetero) is 1. The maximum atomic E-state index is 11.4. The molecule has 4 nitrogen and oxygen atoms in total. The van der Waals surface area contributed by atoms with E-state index in [0.29, 0.717) is 10.6 Å². The van der Waals surface area contributed by atoms with Gasteiger partial charge in [0.25, 0.3) is 0 Å². The number of carbonyl (C=O) groups excluding carboxylic acids is 1. The van der Waals surface area contributed by atoms with E-state index in [-0.39, 0.29) is 18.5 Å². The summed E-state index contributed by atoms with van der Waals surface area (Å²) in [6, 6.07) is 0. The van der Waals surface area contributed by atoms with Crippen molar-refractivity contribution in [3.63, 3.8) is 0 Å². The van der Waals surface area contributed by atoms with Gasteiger partial charge in [-0.2, -0.15) is 0 Å². The van der Waals surface area contributed by atoms with E-state index in [0.717, 1.165) is 11.5 Å². The summed E-state index contributed by atoms with van der Waals surface area (Å²) >= 11 is 1.12. The van der Waals surface area contributed by atoms with Gasteiger partial charge in [0.1, 0.15) is 11.5 Å². The van der Waals surface area contributed by atoms with Gasteiger partial charge in [0, 0.05) is 0 Å². The fourth-order valence-corrected chi connectivity index (χ4v) is 1.37. The van der Waals surface area contributed by atoms with Gasteiger partial charge >= 0.3 is 0 Å². The molecule has 0 aliphatic heterocycles. The summed E-state index contributed by atoms with van der Waals surface area (Å²) in [6.45, 7) is 5.67. The number of hydrogen-bond acceptors (Lipinski definition) is 5. The van der Waals surface area contributed by atoms with Gasteiger partial charge in [-0.15, -0.1) is 5.10 Å². The minimum Gasteiger partial charge on any atom is -0.371 e. The van der Waals surface area contributed by atoms with Gasteiger partial charge in [-0.1, -0.05) is 4.49 Å². The first kappa shape index (κ1) is 10.3. The number of ketones is 1. The second-order valence-corrected chi connectivity index (χ2v) is 3.72. The largest absolute Gasteiger partial charge is 0.371 e. The van der Waals surface area contributed by atoms with Crippen molar-refractivity contribution in [3.05, 3.63) is 10.6 Å². The third-order valence-corrected chi connectivity index (χ3v) is 2.32. The highest BCUT2D eigenvalue weighted by molar-refractivity contribution is 7.08. The molecule has 0 aromatic carbocycles. The number of rotatable bonds is 4. The molecule has 0 spiro atoms. The highest BCUT2D eigenvalue weighted by Crippen LogP contribution is 2.10. The molecule has 0 aliphatic carbocycles. The molecule has 0 N–H and O–H groups in total. The molecule has 0 radical (unpaired) electrons. The van der Waals surface area contributed by atoms with Crippen LogP contribution in [0.4, 0.5) is 0 Å². The van der Waals surface area contributed by atoms with E-state index in [1.54, 1.807) is 6.92 Å². The van der Waals surface area contributed by atoms with Crippen LogP contribution in [0.3, 0.4) is 0 Å². The molecule has 5 heteroatoms. The quantitative estimate of drug-likeness (QED) is 0.690.